The lowest BCUT2D eigenvalue weighted by Crippen LogP contribution is -2.77. The minimum Gasteiger partial charge on any atom is -0.425 e. The van der Waals surface area contributed by atoms with Gasteiger partial charge in [-0.25, -0.2) is 14.5 Å². The third-order valence-corrected chi connectivity index (χ3v) is 7.35. The van der Waals surface area contributed by atoms with Crippen molar-refractivity contribution in [1.82, 2.24) is 4.90 Å². The number of esters is 1. The number of halogens is 5. The number of nitrogens with zero attached hydrogens (tertiary/aromatic N) is 4. The monoisotopic (exact) mass is 574 g/mol. The molecule has 2 fully saturated rings. The molecule has 2 amide bonds. The van der Waals surface area contributed by atoms with E-state index in [2.05, 4.69) is 0 Å². The van der Waals surface area contributed by atoms with Crippen molar-refractivity contribution in [2.75, 3.05) is 29.9 Å². The van der Waals surface area contributed by atoms with Gasteiger partial charge in [-0.2, -0.15) is 18.4 Å². The van der Waals surface area contributed by atoms with Crippen LogP contribution in [0.25, 0.3) is 0 Å². The summed E-state index contributed by atoms with van der Waals surface area (Å²) in [5.74, 6) is -2.48. The van der Waals surface area contributed by atoms with Crippen LogP contribution in [0.15, 0.2) is 72.8 Å². The number of carbonyl (C=O) groups is 2. The molecule has 0 bridgehead atoms. The number of nitriles is 1. The predicted octanol–water partition coefficient (Wildman–Crippen LogP) is 5.95. The van der Waals surface area contributed by atoms with E-state index in [0.717, 1.165) is 4.90 Å². The highest BCUT2D eigenvalue weighted by molar-refractivity contribution is 6.31. The number of likely N-dealkylation sites (N-methyl/N-ethyl adjacent to an activating group) is 1. The van der Waals surface area contributed by atoms with Gasteiger partial charge in [-0.3, -0.25) is 4.90 Å². The summed E-state index contributed by atoms with van der Waals surface area (Å²) in [7, 11) is 1.72. The number of rotatable bonds is 4. The number of anilines is 2. The van der Waals surface area contributed by atoms with Gasteiger partial charge >= 0.3 is 18.2 Å². The van der Waals surface area contributed by atoms with E-state index in [1.807, 2.05) is 6.07 Å². The van der Waals surface area contributed by atoms with Gasteiger partial charge in [-0.1, -0.05) is 35.3 Å². The number of urea groups is 1. The van der Waals surface area contributed by atoms with Crippen LogP contribution in [-0.2, 0) is 15.3 Å². The van der Waals surface area contributed by atoms with Crippen molar-refractivity contribution in [2.45, 2.75) is 17.4 Å². The molecule has 7 nitrogen and oxygen atoms in total. The van der Waals surface area contributed by atoms with Gasteiger partial charge in [0.2, 0.25) is 5.72 Å². The first-order valence-corrected chi connectivity index (χ1v) is 12.3. The van der Waals surface area contributed by atoms with Crippen LogP contribution in [0.1, 0.15) is 11.1 Å². The van der Waals surface area contributed by atoms with E-state index >= 15 is 0 Å². The SMILES string of the molecule is CN1CC2(C1)N(c1ccc(Cl)cc1)C(=O)N(c1ccc(Cl)cc1)C2(OC(=O)C(F)(F)F)c1cccc(C#N)c1. The molecular formula is C27H19Cl2F3N4O3. The first-order valence-electron chi connectivity index (χ1n) is 11.6. The van der Waals surface area contributed by atoms with Crippen LogP contribution in [0.3, 0.4) is 0 Å². The Hall–Kier alpha value is -3.78. The second kappa shape index (κ2) is 9.45. The summed E-state index contributed by atoms with van der Waals surface area (Å²) in [5, 5.41) is 10.3. The van der Waals surface area contributed by atoms with Gasteiger partial charge < -0.3 is 9.64 Å². The zero-order chi connectivity index (χ0) is 28.2. The summed E-state index contributed by atoms with van der Waals surface area (Å²) < 4.78 is 47.0. The Morgan fingerprint density at radius 2 is 1.49 bits per heavy atom. The molecule has 12 heteroatoms. The molecule has 2 heterocycles. The van der Waals surface area contributed by atoms with Crippen LogP contribution >= 0.6 is 23.2 Å². The van der Waals surface area contributed by atoms with E-state index in [1.165, 1.54) is 53.4 Å². The van der Waals surface area contributed by atoms with Crippen LogP contribution in [0.5, 0.6) is 0 Å². The van der Waals surface area contributed by atoms with Crippen LogP contribution < -0.4 is 9.80 Å². The van der Waals surface area contributed by atoms with E-state index in [-0.39, 0.29) is 29.9 Å². The maximum atomic E-state index is 14.4. The minimum absolute atomic E-state index is 0.0204. The van der Waals surface area contributed by atoms with Gasteiger partial charge in [0.1, 0.15) is 5.54 Å². The fraction of sp³-hybridized carbons (Fsp3) is 0.222. The largest absolute Gasteiger partial charge is 0.491 e. The molecule has 1 spiro atoms. The topological polar surface area (TPSA) is 76.9 Å². The summed E-state index contributed by atoms with van der Waals surface area (Å²) in [5.41, 5.74) is -3.30. The van der Waals surface area contributed by atoms with E-state index in [4.69, 9.17) is 27.9 Å². The van der Waals surface area contributed by atoms with Crippen molar-refractivity contribution >= 4 is 46.6 Å². The van der Waals surface area contributed by atoms with Crippen LogP contribution in [0.4, 0.5) is 29.3 Å². The molecule has 3 aromatic carbocycles. The molecule has 0 radical (unpaired) electrons. The molecule has 1 atom stereocenters. The van der Waals surface area contributed by atoms with Gasteiger partial charge in [0.05, 0.1) is 11.6 Å². The lowest BCUT2D eigenvalue weighted by Gasteiger charge is -2.57. The number of amides is 2. The molecule has 0 saturated carbocycles. The van der Waals surface area contributed by atoms with E-state index in [0.29, 0.717) is 15.7 Å². The van der Waals surface area contributed by atoms with E-state index < -0.39 is 29.4 Å². The average Bonchev–Trinajstić information content (AvgIpc) is 3.10. The van der Waals surface area contributed by atoms with Crippen molar-refractivity contribution in [3.05, 3.63) is 94.0 Å². The zero-order valence-corrected chi connectivity index (χ0v) is 21.8. The van der Waals surface area contributed by atoms with Gasteiger partial charge in [0, 0.05) is 40.1 Å². The summed E-state index contributed by atoms with van der Waals surface area (Å²) in [4.78, 5) is 31.2. The number of alkyl halides is 3. The average molecular weight is 575 g/mol. The second-order valence-electron chi connectivity index (χ2n) is 9.33. The molecule has 2 aliphatic rings. The molecule has 2 aliphatic heterocycles. The second-order valence-corrected chi connectivity index (χ2v) is 10.2. The number of hydrogen-bond donors (Lipinski definition) is 0. The number of benzene rings is 3. The maximum absolute atomic E-state index is 14.4. The highest BCUT2D eigenvalue weighted by Gasteiger charge is 2.76. The van der Waals surface area contributed by atoms with Gasteiger partial charge in [-0.05, 0) is 67.7 Å². The smallest absolute Gasteiger partial charge is 0.425 e. The van der Waals surface area contributed by atoms with Crippen molar-refractivity contribution in [2.24, 2.45) is 0 Å². The summed E-state index contributed by atoms with van der Waals surface area (Å²) in [6.45, 7) is 0.0702. The maximum Gasteiger partial charge on any atom is 0.491 e. The lowest BCUT2D eigenvalue weighted by molar-refractivity contribution is -0.224. The number of carbonyl (C=O) groups excluding carboxylic acids is 2. The quantitative estimate of drug-likeness (QED) is 0.360. The molecule has 0 aromatic heterocycles. The first kappa shape index (κ1) is 26.8. The van der Waals surface area contributed by atoms with Gasteiger partial charge in [0.25, 0.3) is 0 Å². The molecule has 2 saturated heterocycles. The fourth-order valence-electron chi connectivity index (χ4n) is 5.40. The Labute approximate surface area is 231 Å². The van der Waals surface area contributed by atoms with Crippen molar-refractivity contribution < 1.29 is 27.5 Å². The van der Waals surface area contributed by atoms with E-state index in [9.17, 15) is 28.0 Å². The van der Waals surface area contributed by atoms with Crippen LogP contribution in [0, 0.1) is 11.3 Å². The minimum atomic E-state index is -5.38. The lowest BCUT2D eigenvalue weighted by atomic mass is 9.74. The van der Waals surface area contributed by atoms with Crippen molar-refractivity contribution in [3.8, 4) is 6.07 Å². The van der Waals surface area contributed by atoms with Gasteiger partial charge in [0.15, 0.2) is 0 Å². The fourth-order valence-corrected chi connectivity index (χ4v) is 5.65. The molecule has 0 aliphatic carbocycles. The third-order valence-electron chi connectivity index (χ3n) is 6.84. The van der Waals surface area contributed by atoms with Crippen molar-refractivity contribution in [3.63, 3.8) is 0 Å². The summed E-state index contributed by atoms with van der Waals surface area (Å²) in [6, 6.07) is 19.0. The number of ether oxygens (including phenoxy) is 1. The summed E-state index contributed by atoms with van der Waals surface area (Å²) in [6.07, 6.45) is -5.38. The van der Waals surface area contributed by atoms with Crippen molar-refractivity contribution in [1.29, 1.82) is 5.26 Å². The molecule has 5 rings (SSSR count). The standard InChI is InChI=1S/C27H19Cl2F3N4O3/c1-34-15-25(16-34)26(39-23(37)27(30,31)32,18-4-2-3-17(13-18)14-33)36(22-11-7-20(29)8-12-22)24(38)35(25)21-9-5-19(28)6-10-21/h2-13H,15-16H2,1H3. The highest BCUT2D eigenvalue weighted by Crippen LogP contribution is 2.57. The Morgan fingerprint density at radius 1 is 0.949 bits per heavy atom. The number of hydrogen-bond acceptors (Lipinski definition) is 5. The Balaban J connectivity index is 1.87. The first-order chi connectivity index (χ1) is 18.4. The zero-order valence-electron chi connectivity index (χ0n) is 20.2. The Morgan fingerprint density at radius 3 is 1.97 bits per heavy atom. The Kier molecular flexibility index (Phi) is 6.50. The highest BCUT2D eigenvalue weighted by atomic mass is 35.5. The van der Waals surface area contributed by atoms with Crippen LogP contribution in [0.2, 0.25) is 10.0 Å². The Bertz CT molecular complexity index is 1490. The molecule has 200 valence electrons. The number of likely N-dealkylation sites (tertiary alicyclic amines) is 1. The molecule has 1 unspecified atom stereocenters. The molecule has 3 aromatic rings. The van der Waals surface area contributed by atoms with E-state index in [1.54, 1.807) is 36.2 Å². The predicted molar refractivity (Wildman–Crippen MR) is 138 cm³/mol. The van der Waals surface area contributed by atoms with Gasteiger partial charge in [-0.15, -0.1) is 0 Å². The van der Waals surface area contributed by atoms with Crippen LogP contribution in [-0.4, -0.2) is 48.8 Å². The molecular weight excluding hydrogens is 556 g/mol. The molecule has 39 heavy (non-hydrogen) atoms. The normalized spacial score (nSPS) is 20.6. The summed E-state index contributed by atoms with van der Waals surface area (Å²) >= 11 is 12.2. The molecule has 0 N–H and O–H groups in total. The third kappa shape index (κ3) is 4.18.